The molecule has 3 N–H and O–H groups in total. The van der Waals surface area contributed by atoms with E-state index in [4.69, 9.17) is 5.73 Å². The smallest absolute Gasteiger partial charge is 0.393 e. The van der Waals surface area contributed by atoms with Crippen LogP contribution in [0.5, 0.6) is 0 Å². The molecule has 0 saturated heterocycles. The Morgan fingerprint density at radius 2 is 2.00 bits per heavy atom. The minimum Gasteiger partial charge on any atom is -0.393 e. The summed E-state index contributed by atoms with van der Waals surface area (Å²) in [6.45, 7) is 0.601. The number of benzene rings is 1. The van der Waals surface area contributed by atoms with Crippen molar-refractivity contribution in [2.45, 2.75) is 31.7 Å². The number of hydrogen-bond donors (Lipinski definition) is 2. The van der Waals surface area contributed by atoms with E-state index in [0.29, 0.717) is 24.9 Å². The Balaban J connectivity index is 2.21. The fourth-order valence-electron chi connectivity index (χ4n) is 2.61. The largest absolute Gasteiger partial charge is 0.418 e. The topological polar surface area (TPSA) is 49.5 Å². The second kappa shape index (κ2) is 5.61. The number of aliphatic hydroxyl groups is 1. The number of rotatable bonds is 4. The minimum atomic E-state index is -4.39. The van der Waals surface area contributed by atoms with Crippen molar-refractivity contribution in [2.75, 3.05) is 18.5 Å². The minimum absolute atomic E-state index is 0.0852. The monoisotopic (exact) mass is 288 g/mol. The summed E-state index contributed by atoms with van der Waals surface area (Å²) >= 11 is 0. The van der Waals surface area contributed by atoms with Gasteiger partial charge >= 0.3 is 6.18 Å². The van der Waals surface area contributed by atoms with Crippen LogP contribution in [-0.2, 0) is 12.7 Å². The average Bonchev–Trinajstić information content (AvgIpc) is 2.35. The van der Waals surface area contributed by atoms with Crippen molar-refractivity contribution < 1.29 is 18.3 Å². The fourth-order valence-corrected chi connectivity index (χ4v) is 2.61. The number of alkyl halides is 3. The van der Waals surface area contributed by atoms with E-state index in [9.17, 15) is 18.3 Å². The maximum Gasteiger partial charge on any atom is 0.418 e. The van der Waals surface area contributed by atoms with Crippen LogP contribution in [0, 0.1) is 5.92 Å². The molecule has 2 rings (SSSR count). The SMILES string of the molecule is CN(CC1CC(O)C1)c1ccc(CN)cc1C(F)(F)F. The van der Waals surface area contributed by atoms with E-state index in [-0.39, 0.29) is 24.3 Å². The highest BCUT2D eigenvalue weighted by atomic mass is 19.4. The lowest BCUT2D eigenvalue weighted by molar-refractivity contribution is -0.137. The number of halogens is 3. The molecule has 3 nitrogen and oxygen atoms in total. The molecule has 112 valence electrons. The first-order valence-electron chi connectivity index (χ1n) is 6.60. The fraction of sp³-hybridized carbons (Fsp3) is 0.571. The van der Waals surface area contributed by atoms with Crippen LogP contribution < -0.4 is 10.6 Å². The molecule has 1 aromatic rings. The molecule has 20 heavy (non-hydrogen) atoms. The maximum atomic E-state index is 13.1. The Hall–Kier alpha value is -1.27. The van der Waals surface area contributed by atoms with Gasteiger partial charge in [-0.2, -0.15) is 13.2 Å². The van der Waals surface area contributed by atoms with Gasteiger partial charge in [0.05, 0.1) is 11.7 Å². The number of nitrogens with two attached hydrogens (primary N) is 1. The Labute approximate surface area is 116 Å². The highest BCUT2D eigenvalue weighted by Crippen LogP contribution is 2.38. The van der Waals surface area contributed by atoms with Crippen molar-refractivity contribution >= 4 is 5.69 Å². The van der Waals surface area contributed by atoms with Gasteiger partial charge in [0.25, 0.3) is 0 Å². The van der Waals surface area contributed by atoms with E-state index in [1.165, 1.54) is 6.07 Å². The first-order chi connectivity index (χ1) is 9.31. The second-order valence-corrected chi connectivity index (χ2v) is 5.43. The van der Waals surface area contributed by atoms with Crippen molar-refractivity contribution in [1.82, 2.24) is 0 Å². The third kappa shape index (κ3) is 3.24. The molecule has 1 fully saturated rings. The van der Waals surface area contributed by atoms with E-state index in [2.05, 4.69) is 0 Å². The molecule has 0 aliphatic heterocycles. The van der Waals surface area contributed by atoms with Crippen LogP contribution in [-0.4, -0.2) is 24.8 Å². The summed E-state index contributed by atoms with van der Waals surface area (Å²) in [5.74, 6) is 0.255. The number of hydrogen-bond acceptors (Lipinski definition) is 3. The van der Waals surface area contributed by atoms with Crippen molar-refractivity contribution in [3.8, 4) is 0 Å². The van der Waals surface area contributed by atoms with Gasteiger partial charge in [-0.1, -0.05) is 6.07 Å². The maximum absolute atomic E-state index is 13.1. The molecule has 1 aromatic carbocycles. The van der Waals surface area contributed by atoms with Crippen molar-refractivity contribution in [1.29, 1.82) is 0 Å². The Kier molecular flexibility index (Phi) is 4.25. The molecule has 1 aliphatic rings. The Morgan fingerprint density at radius 3 is 2.50 bits per heavy atom. The molecule has 0 atom stereocenters. The molecule has 1 saturated carbocycles. The summed E-state index contributed by atoms with van der Waals surface area (Å²) in [6.07, 6.45) is -3.37. The van der Waals surface area contributed by atoms with Gasteiger partial charge in [-0.3, -0.25) is 0 Å². The van der Waals surface area contributed by atoms with E-state index < -0.39 is 11.7 Å². The van der Waals surface area contributed by atoms with Crippen molar-refractivity contribution in [2.24, 2.45) is 11.7 Å². The molecule has 0 heterocycles. The van der Waals surface area contributed by atoms with Crippen molar-refractivity contribution in [3.63, 3.8) is 0 Å². The van der Waals surface area contributed by atoms with E-state index in [0.717, 1.165) is 6.07 Å². The molecule has 0 unspecified atom stereocenters. The molecule has 0 radical (unpaired) electrons. The molecule has 0 amide bonds. The highest BCUT2D eigenvalue weighted by Gasteiger charge is 2.35. The Morgan fingerprint density at radius 1 is 1.35 bits per heavy atom. The zero-order valence-electron chi connectivity index (χ0n) is 11.3. The summed E-state index contributed by atoms with van der Waals surface area (Å²) in [5, 5.41) is 9.24. The highest BCUT2D eigenvalue weighted by molar-refractivity contribution is 5.56. The predicted molar refractivity (Wildman–Crippen MR) is 71.3 cm³/mol. The van der Waals surface area contributed by atoms with Crippen LogP contribution in [0.3, 0.4) is 0 Å². The number of anilines is 1. The van der Waals surface area contributed by atoms with Gasteiger partial charge in [0.1, 0.15) is 0 Å². The van der Waals surface area contributed by atoms with Gasteiger partial charge in [-0.15, -0.1) is 0 Å². The zero-order valence-corrected chi connectivity index (χ0v) is 11.3. The molecule has 0 aromatic heterocycles. The molecule has 6 heteroatoms. The second-order valence-electron chi connectivity index (χ2n) is 5.43. The standard InChI is InChI=1S/C14H19F3N2O/c1-19(8-10-4-11(20)5-10)13-3-2-9(7-18)6-12(13)14(15,16)17/h2-3,6,10-11,20H,4-5,7-8,18H2,1H3. The number of nitrogens with zero attached hydrogens (tertiary/aromatic N) is 1. The molecule has 0 bridgehead atoms. The summed E-state index contributed by atoms with van der Waals surface area (Å²) in [5.41, 5.74) is 5.39. The van der Waals surface area contributed by atoms with Crippen molar-refractivity contribution in [3.05, 3.63) is 29.3 Å². The lowest BCUT2D eigenvalue weighted by Gasteiger charge is -2.36. The quantitative estimate of drug-likeness (QED) is 0.894. The van der Waals surface area contributed by atoms with Gasteiger partial charge in [-0.05, 0) is 36.5 Å². The zero-order chi connectivity index (χ0) is 14.9. The van der Waals surface area contributed by atoms with E-state index >= 15 is 0 Å². The van der Waals surface area contributed by atoms with Gasteiger partial charge in [0, 0.05) is 25.8 Å². The molecular weight excluding hydrogens is 269 g/mol. The normalized spacial score (nSPS) is 22.5. The van der Waals surface area contributed by atoms with Crippen LogP contribution in [0.1, 0.15) is 24.0 Å². The summed E-state index contributed by atoms with van der Waals surface area (Å²) in [6, 6.07) is 4.21. The van der Waals surface area contributed by atoms with Crippen LogP contribution in [0.25, 0.3) is 0 Å². The average molecular weight is 288 g/mol. The van der Waals surface area contributed by atoms with E-state index in [1.54, 1.807) is 18.0 Å². The number of aliphatic hydroxyl groups excluding tert-OH is 1. The summed E-state index contributed by atoms with van der Waals surface area (Å²) in [7, 11) is 1.65. The molecule has 1 aliphatic carbocycles. The molecular formula is C14H19F3N2O. The summed E-state index contributed by atoms with van der Waals surface area (Å²) in [4.78, 5) is 1.61. The predicted octanol–water partition coefficient (Wildman–Crippen LogP) is 2.37. The van der Waals surface area contributed by atoms with Crippen LogP contribution in [0.15, 0.2) is 18.2 Å². The van der Waals surface area contributed by atoms with Gasteiger partial charge in [0.2, 0.25) is 0 Å². The van der Waals surface area contributed by atoms with Crippen LogP contribution >= 0.6 is 0 Å². The van der Waals surface area contributed by atoms with E-state index in [1.807, 2.05) is 0 Å². The first kappa shape index (κ1) is 15.1. The third-order valence-electron chi connectivity index (χ3n) is 3.76. The lowest BCUT2D eigenvalue weighted by atomic mass is 9.82. The van der Waals surface area contributed by atoms with Gasteiger partial charge < -0.3 is 15.7 Å². The Bertz CT molecular complexity index is 470. The molecule has 0 spiro atoms. The van der Waals surface area contributed by atoms with Crippen LogP contribution in [0.2, 0.25) is 0 Å². The third-order valence-corrected chi connectivity index (χ3v) is 3.76. The summed E-state index contributed by atoms with van der Waals surface area (Å²) < 4.78 is 39.3. The van der Waals surface area contributed by atoms with Crippen LogP contribution in [0.4, 0.5) is 18.9 Å². The first-order valence-corrected chi connectivity index (χ1v) is 6.60. The van der Waals surface area contributed by atoms with Gasteiger partial charge in [-0.25, -0.2) is 0 Å². The van der Waals surface area contributed by atoms with Gasteiger partial charge in [0.15, 0.2) is 0 Å². The lowest BCUT2D eigenvalue weighted by Crippen LogP contribution is -2.37.